The van der Waals surface area contributed by atoms with Crippen LogP contribution in [-0.2, 0) is 9.59 Å². The fourth-order valence-corrected chi connectivity index (χ4v) is 1.81. The Balaban J connectivity index is 0.00000324. The summed E-state index contributed by atoms with van der Waals surface area (Å²) in [5.41, 5.74) is 5.60. The monoisotopic (exact) mass is 291 g/mol. The second-order valence-electron chi connectivity index (χ2n) is 5.46. The SMILES string of the molecule is CC(C)CCC(=O)NCC(=O)NC(CN)C1CC1.Cl. The molecule has 0 aromatic heterocycles. The Hall–Kier alpha value is -0.810. The van der Waals surface area contributed by atoms with E-state index in [0.29, 0.717) is 24.8 Å². The molecule has 2 amide bonds. The van der Waals surface area contributed by atoms with Crippen LogP contribution in [0, 0.1) is 11.8 Å². The molecule has 0 radical (unpaired) electrons. The molecule has 0 aromatic rings. The molecule has 6 heteroatoms. The predicted octanol–water partition coefficient (Wildman–Crippen LogP) is 0.814. The lowest BCUT2D eigenvalue weighted by atomic mass is 10.1. The zero-order valence-corrected chi connectivity index (χ0v) is 12.6. The molecule has 5 nitrogen and oxygen atoms in total. The molecule has 0 aliphatic heterocycles. The molecule has 1 saturated carbocycles. The Morgan fingerprint density at radius 1 is 1.26 bits per heavy atom. The van der Waals surface area contributed by atoms with Gasteiger partial charge < -0.3 is 16.4 Å². The van der Waals surface area contributed by atoms with Crippen molar-refractivity contribution in [2.75, 3.05) is 13.1 Å². The average Bonchev–Trinajstić information content (AvgIpc) is 3.14. The summed E-state index contributed by atoms with van der Waals surface area (Å²) in [5.74, 6) is 0.835. The van der Waals surface area contributed by atoms with Gasteiger partial charge in [0.25, 0.3) is 0 Å². The highest BCUT2D eigenvalue weighted by atomic mass is 35.5. The highest BCUT2D eigenvalue weighted by Crippen LogP contribution is 2.32. The molecule has 0 spiro atoms. The van der Waals surface area contributed by atoms with Gasteiger partial charge in [-0.05, 0) is 31.1 Å². The van der Waals surface area contributed by atoms with Crippen molar-refractivity contribution < 1.29 is 9.59 Å². The maximum atomic E-state index is 11.6. The smallest absolute Gasteiger partial charge is 0.239 e. The van der Waals surface area contributed by atoms with E-state index in [0.717, 1.165) is 19.3 Å². The standard InChI is InChI=1S/C13H25N3O2.ClH/c1-9(2)3-6-12(17)15-8-13(18)16-11(7-14)10-4-5-10;/h9-11H,3-8,14H2,1-2H3,(H,15,17)(H,16,18);1H. The van der Waals surface area contributed by atoms with E-state index in [-0.39, 0.29) is 36.8 Å². The summed E-state index contributed by atoms with van der Waals surface area (Å²) in [4.78, 5) is 23.0. The van der Waals surface area contributed by atoms with Crippen LogP contribution in [0.4, 0.5) is 0 Å². The zero-order chi connectivity index (χ0) is 13.5. The Morgan fingerprint density at radius 3 is 2.37 bits per heavy atom. The third-order valence-corrected chi connectivity index (χ3v) is 3.19. The molecule has 1 atom stereocenters. The number of hydrogen-bond donors (Lipinski definition) is 3. The van der Waals surface area contributed by atoms with Crippen molar-refractivity contribution in [3.05, 3.63) is 0 Å². The number of halogens is 1. The Labute approximate surface area is 121 Å². The molecule has 0 bridgehead atoms. The summed E-state index contributed by atoms with van der Waals surface area (Å²) in [6.07, 6.45) is 3.61. The Morgan fingerprint density at radius 2 is 1.89 bits per heavy atom. The molecule has 1 aliphatic carbocycles. The van der Waals surface area contributed by atoms with E-state index >= 15 is 0 Å². The summed E-state index contributed by atoms with van der Waals surface area (Å²) >= 11 is 0. The van der Waals surface area contributed by atoms with Gasteiger partial charge in [0, 0.05) is 19.0 Å². The average molecular weight is 292 g/mol. The van der Waals surface area contributed by atoms with Gasteiger partial charge >= 0.3 is 0 Å². The van der Waals surface area contributed by atoms with Crippen LogP contribution in [-0.4, -0.2) is 30.9 Å². The van der Waals surface area contributed by atoms with Crippen molar-refractivity contribution in [2.24, 2.45) is 17.6 Å². The van der Waals surface area contributed by atoms with Gasteiger partial charge in [-0.25, -0.2) is 0 Å². The van der Waals surface area contributed by atoms with Gasteiger partial charge in [0.2, 0.25) is 11.8 Å². The topological polar surface area (TPSA) is 84.2 Å². The molecule has 0 heterocycles. The fourth-order valence-electron chi connectivity index (χ4n) is 1.81. The van der Waals surface area contributed by atoms with Crippen molar-refractivity contribution in [1.82, 2.24) is 10.6 Å². The molecule has 0 saturated heterocycles. The Bertz CT molecular complexity index is 294. The second-order valence-corrected chi connectivity index (χ2v) is 5.46. The largest absolute Gasteiger partial charge is 0.350 e. The summed E-state index contributed by atoms with van der Waals surface area (Å²) in [7, 11) is 0. The van der Waals surface area contributed by atoms with Crippen molar-refractivity contribution in [3.8, 4) is 0 Å². The maximum Gasteiger partial charge on any atom is 0.239 e. The molecule has 1 fully saturated rings. The van der Waals surface area contributed by atoms with Crippen LogP contribution in [0.1, 0.15) is 39.5 Å². The van der Waals surface area contributed by atoms with Crippen LogP contribution in [0.25, 0.3) is 0 Å². The van der Waals surface area contributed by atoms with Gasteiger partial charge in [0.05, 0.1) is 6.54 Å². The second kappa shape index (κ2) is 9.15. The number of nitrogens with one attached hydrogen (secondary N) is 2. The molecular formula is C13H26ClN3O2. The minimum Gasteiger partial charge on any atom is -0.350 e. The summed E-state index contributed by atoms with van der Waals surface area (Å²) in [5, 5.41) is 5.50. The highest BCUT2D eigenvalue weighted by molar-refractivity contribution is 5.85. The van der Waals surface area contributed by atoms with E-state index < -0.39 is 0 Å². The van der Waals surface area contributed by atoms with Gasteiger partial charge in [0.15, 0.2) is 0 Å². The lowest BCUT2D eigenvalue weighted by Gasteiger charge is -2.16. The minimum atomic E-state index is -0.143. The first kappa shape index (κ1) is 18.2. The van der Waals surface area contributed by atoms with Gasteiger partial charge in [-0.1, -0.05) is 13.8 Å². The third kappa shape index (κ3) is 8.06. The van der Waals surface area contributed by atoms with Crippen molar-refractivity contribution in [2.45, 2.75) is 45.6 Å². The molecule has 0 aromatic carbocycles. The van der Waals surface area contributed by atoms with E-state index in [1.807, 2.05) is 0 Å². The first-order valence-corrected chi connectivity index (χ1v) is 6.79. The highest BCUT2D eigenvalue weighted by Gasteiger charge is 2.31. The van der Waals surface area contributed by atoms with Gasteiger partial charge in [-0.2, -0.15) is 0 Å². The summed E-state index contributed by atoms with van der Waals surface area (Å²) < 4.78 is 0. The predicted molar refractivity (Wildman–Crippen MR) is 78.0 cm³/mol. The third-order valence-electron chi connectivity index (χ3n) is 3.19. The first-order valence-electron chi connectivity index (χ1n) is 6.79. The van der Waals surface area contributed by atoms with E-state index in [4.69, 9.17) is 5.73 Å². The molecule has 1 rings (SSSR count). The van der Waals surface area contributed by atoms with Crippen LogP contribution < -0.4 is 16.4 Å². The van der Waals surface area contributed by atoms with Gasteiger partial charge in [0.1, 0.15) is 0 Å². The quantitative estimate of drug-likeness (QED) is 0.619. The van der Waals surface area contributed by atoms with Crippen LogP contribution in [0.15, 0.2) is 0 Å². The van der Waals surface area contributed by atoms with E-state index in [1.165, 1.54) is 0 Å². The van der Waals surface area contributed by atoms with Crippen LogP contribution >= 0.6 is 12.4 Å². The fraction of sp³-hybridized carbons (Fsp3) is 0.846. The van der Waals surface area contributed by atoms with Crippen molar-refractivity contribution in [3.63, 3.8) is 0 Å². The summed E-state index contributed by atoms with van der Waals surface area (Å²) in [6.45, 7) is 4.67. The van der Waals surface area contributed by atoms with Crippen molar-refractivity contribution in [1.29, 1.82) is 0 Å². The number of nitrogens with two attached hydrogens (primary N) is 1. The summed E-state index contributed by atoms with van der Waals surface area (Å²) in [6, 6.07) is 0.0741. The number of carbonyl (C=O) groups excluding carboxylic acids is 2. The number of rotatable bonds is 8. The number of amides is 2. The van der Waals surface area contributed by atoms with Crippen LogP contribution in [0.2, 0.25) is 0 Å². The zero-order valence-electron chi connectivity index (χ0n) is 11.8. The molecule has 1 unspecified atom stereocenters. The normalized spacial score (nSPS) is 15.6. The number of carbonyl (C=O) groups is 2. The van der Waals surface area contributed by atoms with Gasteiger partial charge in [-0.3, -0.25) is 9.59 Å². The van der Waals surface area contributed by atoms with Crippen LogP contribution in [0.5, 0.6) is 0 Å². The minimum absolute atomic E-state index is 0. The molecular weight excluding hydrogens is 266 g/mol. The van der Waals surface area contributed by atoms with E-state index in [1.54, 1.807) is 0 Å². The first-order chi connectivity index (χ1) is 8.52. The molecule has 19 heavy (non-hydrogen) atoms. The lowest BCUT2D eigenvalue weighted by molar-refractivity contribution is -0.126. The maximum absolute atomic E-state index is 11.6. The lowest BCUT2D eigenvalue weighted by Crippen LogP contribution is -2.46. The number of hydrogen-bond acceptors (Lipinski definition) is 3. The van der Waals surface area contributed by atoms with Crippen molar-refractivity contribution >= 4 is 24.2 Å². The Kier molecular flexibility index (Phi) is 8.76. The van der Waals surface area contributed by atoms with E-state index in [9.17, 15) is 9.59 Å². The molecule has 4 N–H and O–H groups in total. The van der Waals surface area contributed by atoms with Crippen LogP contribution in [0.3, 0.4) is 0 Å². The van der Waals surface area contributed by atoms with Gasteiger partial charge in [-0.15, -0.1) is 12.4 Å². The molecule has 112 valence electrons. The van der Waals surface area contributed by atoms with E-state index in [2.05, 4.69) is 24.5 Å². The molecule has 1 aliphatic rings.